The lowest BCUT2D eigenvalue weighted by atomic mass is 10.1. The van der Waals surface area contributed by atoms with E-state index in [-0.39, 0.29) is 13.7 Å². The fourth-order valence-corrected chi connectivity index (χ4v) is 2.70. The molecule has 2 atom stereocenters. The van der Waals surface area contributed by atoms with Gasteiger partial charge in [-0.15, -0.1) is 0 Å². The minimum Gasteiger partial charge on any atom is -0.486 e. The number of nitro benzene ring substituents is 1. The molecule has 0 aliphatic carbocycles. The molecule has 0 aliphatic rings. The first kappa shape index (κ1) is 20.7. The van der Waals surface area contributed by atoms with E-state index >= 15 is 0 Å². The summed E-state index contributed by atoms with van der Waals surface area (Å²) in [5.41, 5.74) is -5.48. The van der Waals surface area contributed by atoms with Gasteiger partial charge in [0, 0.05) is 11.8 Å². The van der Waals surface area contributed by atoms with E-state index in [0.717, 1.165) is 19.1 Å². The Labute approximate surface area is 151 Å². The molecular formula is C15H13F4N2O5P. The largest absolute Gasteiger partial charge is 0.486 e. The second-order valence-corrected chi connectivity index (χ2v) is 6.89. The fourth-order valence-electron chi connectivity index (χ4n) is 1.98. The molecule has 1 aromatic heterocycles. The highest BCUT2D eigenvalue weighted by Gasteiger charge is 2.39. The lowest BCUT2D eigenvalue weighted by molar-refractivity contribution is -0.388. The van der Waals surface area contributed by atoms with Gasteiger partial charge in [0.05, 0.1) is 4.92 Å². The number of rotatable bonds is 6. The molecule has 2 rings (SSSR count). The number of carbonyl (C=O) groups is 1. The Morgan fingerprint density at radius 3 is 2.52 bits per heavy atom. The van der Waals surface area contributed by atoms with Gasteiger partial charge in [0.2, 0.25) is 0 Å². The van der Waals surface area contributed by atoms with E-state index in [4.69, 9.17) is 4.74 Å². The van der Waals surface area contributed by atoms with Gasteiger partial charge < -0.3 is 15.2 Å². The van der Waals surface area contributed by atoms with Crippen molar-refractivity contribution in [2.24, 2.45) is 0 Å². The molecular weight excluding hydrogens is 395 g/mol. The molecule has 2 aromatic rings. The highest BCUT2D eigenvalue weighted by Crippen LogP contribution is 2.37. The van der Waals surface area contributed by atoms with E-state index < -0.39 is 51.7 Å². The van der Waals surface area contributed by atoms with Crippen molar-refractivity contribution in [1.82, 2.24) is 0 Å². The first-order valence-electron chi connectivity index (χ1n) is 7.27. The van der Waals surface area contributed by atoms with E-state index in [1.54, 1.807) is 0 Å². The second-order valence-electron chi connectivity index (χ2n) is 5.67. The zero-order chi connectivity index (χ0) is 20.4. The van der Waals surface area contributed by atoms with Crippen LogP contribution in [0.25, 0.3) is 0 Å². The predicted octanol–water partition coefficient (Wildman–Crippen LogP) is 3.55. The number of aliphatic hydroxyl groups is 1. The van der Waals surface area contributed by atoms with E-state index in [9.17, 15) is 37.6 Å². The van der Waals surface area contributed by atoms with Crippen LogP contribution in [-0.2, 0) is 11.0 Å². The van der Waals surface area contributed by atoms with E-state index in [0.29, 0.717) is 12.1 Å². The number of carbonyl (C=O) groups excluding carboxylic acids is 1. The number of nitrogens with one attached hydrogen (secondary N) is 1. The van der Waals surface area contributed by atoms with Crippen LogP contribution in [-0.4, -0.2) is 28.1 Å². The van der Waals surface area contributed by atoms with Crippen LogP contribution in [0.3, 0.4) is 0 Å². The second kappa shape index (κ2) is 7.53. The zero-order valence-electron chi connectivity index (χ0n) is 13.6. The summed E-state index contributed by atoms with van der Waals surface area (Å²) in [6.07, 6.45) is -5.01. The van der Waals surface area contributed by atoms with Crippen molar-refractivity contribution >= 4 is 25.5 Å². The maximum atomic E-state index is 13.0. The monoisotopic (exact) mass is 408 g/mol. The van der Waals surface area contributed by atoms with Gasteiger partial charge in [-0.1, -0.05) is 8.19 Å². The van der Waals surface area contributed by atoms with Crippen LogP contribution in [0.15, 0.2) is 30.3 Å². The van der Waals surface area contributed by atoms with Crippen molar-refractivity contribution in [3.63, 3.8) is 0 Å². The third-order valence-corrected chi connectivity index (χ3v) is 4.34. The van der Waals surface area contributed by atoms with Crippen LogP contribution in [0.5, 0.6) is 5.48 Å². The van der Waals surface area contributed by atoms with Gasteiger partial charge in [-0.3, -0.25) is 14.9 Å². The van der Waals surface area contributed by atoms with Crippen LogP contribution in [0.1, 0.15) is 12.5 Å². The average Bonchev–Trinajstić information content (AvgIpc) is 2.97. The molecule has 1 heterocycles. The molecule has 0 aliphatic heterocycles. The zero-order valence-corrected chi connectivity index (χ0v) is 14.6. The van der Waals surface area contributed by atoms with Crippen LogP contribution >= 0.6 is 8.19 Å². The summed E-state index contributed by atoms with van der Waals surface area (Å²) in [6.45, 7) is 0.485. The standard InChI is InChI=1S/C15H13F4N2O5P/c1-14(23,7-26-12-5-4-11(16)27-12)13(22)20-8-2-3-10(21(24)25)9(6-8)15(17,18)19/h2-6,23,27H,7H2,1H3,(H,20,22)/t14-/m0/s1. The predicted molar refractivity (Wildman–Crippen MR) is 88.7 cm³/mol. The number of amides is 1. The Hall–Kier alpha value is -2.65. The van der Waals surface area contributed by atoms with Crippen LogP contribution < -0.4 is 10.1 Å². The van der Waals surface area contributed by atoms with Crippen molar-refractivity contribution in [3.05, 3.63) is 51.6 Å². The minimum atomic E-state index is -5.01. The number of hydrogen-bond donors (Lipinski definition) is 2. The Morgan fingerprint density at radius 2 is 2.00 bits per heavy atom. The molecule has 2 N–H and O–H groups in total. The molecule has 1 amide bonds. The smallest absolute Gasteiger partial charge is 0.423 e. The van der Waals surface area contributed by atoms with Crippen LogP contribution in [0.4, 0.5) is 28.9 Å². The SMILES string of the molecule is C[C@](O)(COc1ccc(F)[pH]1)C(=O)Nc1ccc([N+](=O)[O-])c(C(F)(F)F)c1. The molecule has 0 saturated carbocycles. The van der Waals surface area contributed by atoms with Crippen molar-refractivity contribution in [3.8, 4) is 5.48 Å². The minimum absolute atomic E-state index is 0.204. The van der Waals surface area contributed by atoms with Gasteiger partial charge in [0.15, 0.2) is 5.60 Å². The molecule has 1 aromatic carbocycles. The summed E-state index contributed by atoms with van der Waals surface area (Å²) in [7, 11) is -0.384. The molecule has 0 saturated heterocycles. The van der Waals surface area contributed by atoms with E-state index in [1.165, 1.54) is 6.07 Å². The van der Waals surface area contributed by atoms with E-state index in [1.807, 2.05) is 5.32 Å². The quantitative estimate of drug-likeness (QED) is 0.433. The molecule has 146 valence electrons. The Kier molecular flexibility index (Phi) is 5.76. The van der Waals surface area contributed by atoms with Crippen molar-refractivity contribution in [1.29, 1.82) is 0 Å². The Morgan fingerprint density at radius 1 is 1.33 bits per heavy atom. The summed E-state index contributed by atoms with van der Waals surface area (Å²) < 4.78 is 56.9. The number of alkyl halides is 3. The maximum absolute atomic E-state index is 13.0. The number of nitrogens with zero attached hydrogens (tertiary/aromatic N) is 1. The lowest BCUT2D eigenvalue weighted by Gasteiger charge is -2.22. The molecule has 0 radical (unpaired) electrons. The molecule has 0 bridgehead atoms. The molecule has 7 nitrogen and oxygen atoms in total. The Bertz CT molecular complexity index is 866. The topological polar surface area (TPSA) is 102 Å². The number of halogens is 4. The number of benzene rings is 1. The van der Waals surface area contributed by atoms with Gasteiger partial charge in [-0.2, -0.15) is 13.2 Å². The van der Waals surface area contributed by atoms with E-state index in [2.05, 4.69) is 0 Å². The highest BCUT2D eigenvalue weighted by molar-refractivity contribution is 7.32. The van der Waals surface area contributed by atoms with Crippen molar-refractivity contribution in [2.45, 2.75) is 18.7 Å². The first-order valence-corrected chi connectivity index (χ1v) is 8.27. The Balaban J connectivity index is 2.15. The van der Waals surface area contributed by atoms with Gasteiger partial charge in [-0.05, 0) is 31.2 Å². The third kappa shape index (κ3) is 5.18. The maximum Gasteiger partial charge on any atom is 0.423 e. The normalized spacial score (nSPS) is 14.0. The first-order chi connectivity index (χ1) is 12.4. The molecule has 0 spiro atoms. The molecule has 12 heteroatoms. The van der Waals surface area contributed by atoms with Gasteiger partial charge in [-0.25, -0.2) is 4.39 Å². The summed E-state index contributed by atoms with van der Waals surface area (Å²) in [6, 6.07) is 4.39. The summed E-state index contributed by atoms with van der Waals surface area (Å²) in [4.78, 5) is 21.7. The summed E-state index contributed by atoms with van der Waals surface area (Å²) >= 11 is 0. The molecule has 1 unspecified atom stereocenters. The highest BCUT2D eigenvalue weighted by atomic mass is 31.0. The van der Waals surface area contributed by atoms with Gasteiger partial charge >= 0.3 is 6.18 Å². The summed E-state index contributed by atoms with van der Waals surface area (Å²) in [5.74, 6) is -1.10. The number of nitro groups is 1. The number of ether oxygens (including phenoxy) is 1. The number of anilines is 1. The van der Waals surface area contributed by atoms with Crippen molar-refractivity contribution < 1.29 is 37.1 Å². The lowest BCUT2D eigenvalue weighted by Crippen LogP contribution is -2.45. The third-order valence-electron chi connectivity index (χ3n) is 3.38. The van der Waals surface area contributed by atoms with Gasteiger partial charge in [0.25, 0.3) is 11.6 Å². The molecule has 27 heavy (non-hydrogen) atoms. The van der Waals surface area contributed by atoms with Gasteiger partial charge in [0.1, 0.15) is 23.2 Å². The summed E-state index contributed by atoms with van der Waals surface area (Å²) in [5, 5.41) is 22.9. The van der Waals surface area contributed by atoms with Crippen LogP contribution in [0, 0.1) is 15.7 Å². The van der Waals surface area contributed by atoms with Crippen molar-refractivity contribution in [2.75, 3.05) is 11.9 Å². The number of hydrogen-bond acceptors (Lipinski definition) is 5. The molecule has 0 fully saturated rings. The van der Waals surface area contributed by atoms with Crippen LogP contribution in [0.2, 0.25) is 0 Å². The fraction of sp³-hybridized carbons (Fsp3) is 0.267. The average molecular weight is 408 g/mol.